The third-order valence-electron chi connectivity index (χ3n) is 0.539. The molecule has 0 aromatic rings. The fraction of sp³-hybridized carbons (Fsp3) is 1.00. The minimum Gasteiger partial charge on any atom is -0.358 e. The van der Waals surface area contributed by atoms with Crippen LogP contribution in [0.2, 0.25) is 0 Å². The van der Waals surface area contributed by atoms with Crippen molar-refractivity contribution in [1.29, 1.82) is 0 Å². The Balaban J connectivity index is 3.39. The van der Waals surface area contributed by atoms with Gasteiger partial charge in [-0.3, -0.25) is 0 Å². The van der Waals surface area contributed by atoms with E-state index in [-0.39, 0.29) is 11.8 Å². The molecule has 2 heteroatoms. The molecule has 0 spiro atoms. The van der Waals surface area contributed by atoms with Crippen LogP contribution in [0.4, 0.5) is 0 Å². The van der Waals surface area contributed by atoms with Gasteiger partial charge in [0, 0.05) is 0 Å². The molecular formula is C6H15NO. The van der Waals surface area contributed by atoms with Gasteiger partial charge >= 0.3 is 0 Å². The van der Waals surface area contributed by atoms with Crippen molar-refractivity contribution in [3.05, 3.63) is 0 Å². The number of ether oxygens (including phenoxy) is 1. The van der Waals surface area contributed by atoms with Gasteiger partial charge in [-0.15, -0.1) is 0 Å². The molecule has 0 aliphatic rings. The van der Waals surface area contributed by atoms with Gasteiger partial charge in [-0.2, -0.15) is 0 Å². The quantitative estimate of drug-likeness (QED) is 0.522. The lowest BCUT2D eigenvalue weighted by Gasteiger charge is -2.21. The van der Waals surface area contributed by atoms with Gasteiger partial charge in [-0.25, -0.2) is 0 Å². The van der Waals surface area contributed by atoms with E-state index in [1.165, 1.54) is 0 Å². The van der Waals surface area contributed by atoms with E-state index in [0.29, 0.717) is 0 Å². The Morgan fingerprint density at radius 2 is 1.75 bits per heavy atom. The lowest BCUT2D eigenvalue weighted by Crippen LogP contribution is -2.30. The Labute approximate surface area is 51.0 Å². The molecule has 0 bridgehead atoms. The van der Waals surface area contributed by atoms with Crippen LogP contribution in [0, 0.1) is 0 Å². The molecule has 0 unspecified atom stereocenters. The first kappa shape index (κ1) is 7.92. The van der Waals surface area contributed by atoms with E-state index in [2.05, 4.69) is 0 Å². The van der Waals surface area contributed by atoms with Crippen LogP contribution in [-0.2, 0) is 4.74 Å². The zero-order valence-electron chi connectivity index (χ0n) is 6.06. The molecule has 0 radical (unpaired) electrons. The van der Waals surface area contributed by atoms with Crippen molar-refractivity contribution in [2.24, 2.45) is 5.73 Å². The second-order valence-electron chi connectivity index (χ2n) is 2.94. The smallest absolute Gasteiger partial charge is 0.103 e. The summed E-state index contributed by atoms with van der Waals surface area (Å²) in [5.41, 5.74) is 5.25. The van der Waals surface area contributed by atoms with Crippen LogP contribution in [0.3, 0.4) is 0 Å². The third-order valence-corrected chi connectivity index (χ3v) is 0.539. The molecule has 50 valence electrons. The van der Waals surface area contributed by atoms with E-state index in [9.17, 15) is 0 Å². The SMILES string of the molecule is C[C@@H](N)OC(C)(C)C. The first-order chi connectivity index (χ1) is 3.42. The van der Waals surface area contributed by atoms with Crippen LogP contribution in [0.5, 0.6) is 0 Å². The molecule has 0 aromatic heterocycles. The largest absolute Gasteiger partial charge is 0.358 e. The summed E-state index contributed by atoms with van der Waals surface area (Å²) in [4.78, 5) is 0. The van der Waals surface area contributed by atoms with E-state index in [1.807, 2.05) is 27.7 Å². The summed E-state index contributed by atoms with van der Waals surface area (Å²) in [7, 11) is 0. The highest BCUT2D eigenvalue weighted by molar-refractivity contribution is 4.59. The minimum absolute atomic E-state index is 0.103. The maximum absolute atomic E-state index is 5.36. The molecule has 0 rings (SSSR count). The molecule has 1 atom stereocenters. The number of rotatable bonds is 1. The average Bonchev–Trinajstić information content (AvgIpc) is 1.21. The third kappa shape index (κ3) is 5.92. The fourth-order valence-corrected chi connectivity index (χ4v) is 0.558. The number of hydrogen-bond donors (Lipinski definition) is 1. The summed E-state index contributed by atoms with van der Waals surface area (Å²) in [6.07, 6.45) is -0.157. The van der Waals surface area contributed by atoms with Crippen molar-refractivity contribution in [1.82, 2.24) is 0 Å². The summed E-state index contributed by atoms with van der Waals surface area (Å²) in [6, 6.07) is 0. The summed E-state index contributed by atoms with van der Waals surface area (Å²) >= 11 is 0. The Morgan fingerprint density at radius 1 is 1.38 bits per heavy atom. The van der Waals surface area contributed by atoms with Gasteiger partial charge in [0.15, 0.2) is 0 Å². The standard InChI is InChI=1S/C6H15NO/c1-5(7)8-6(2,3)4/h5H,7H2,1-4H3/t5-/m0/s1. The van der Waals surface area contributed by atoms with Crippen molar-refractivity contribution in [3.63, 3.8) is 0 Å². The van der Waals surface area contributed by atoms with Crippen molar-refractivity contribution >= 4 is 0 Å². The molecule has 0 aliphatic heterocycles. The summed E-state index contributed by atoms with van der Waals surface area (Å²) in [5.74, 6) is 0. The Morgan fingerprint density at radius 3 is 1.75 bits per heavy atom. The van der Waals surface area contributed by atoms with Gasteiger partial charge < -0.3 is 10.5 Å². The summed E-state index contributed by atoms with van der Waals surface area (Å²) in [6.45, 7) is 7.77. The Bertz CT molecular complexity index is 63.4. The molecule has 0 amide bonds. The molecule has 2 nitrogen and oxygen atoms in total. The second-order valence-corrected chi connectivity index (χ2v) is 2.94. The first-order valence-electron chi connectivity index (χ1n) is 2.85. The van der Waals surface area contributed by atoms with Crippen LogP contribution < -0.4 is 5.73 Å². The highest BCUT2D eigenvalue weighted by atomic mass is 16.5. The van der Waals surface area contributed by atoms with Crippen LogP contribution in [0.1, 0.15) is 27.7 Å². The van der Waals surface area contributed by atoms with E-state index in [0.717, 1.165) is 0 Å². The highest BCUT2D eigenvalue weighted by Gasteiger charge is 2.11. The molecule has 0 heterocycles. The Kier molecular flexibility index (Phi) is 2.44. The molecule has 0 saturated heterocycles. The minimum atomic E-state index is -0.157. The zero-order chi connectivity index (χ0) is 6.78. The van der Waals surface area contributed by atoms with Crippen molar-refractivity contribution in [2.75, 3.05) is 0 Å². The zero-order valence-corrected chi connectivity index (χ0v) is 6.06. The number of hydrogen-bond acceptors (Lipinski definition) is 2. The molecular weight excluding hydrogens is 102 g/mol. The summed E-state index contributed by atoms with van der Waals surface area (Å²) in [5, 5.41) is 0. The first-order valence-corrected chi connectivity index (χ1v) is 2.85. The predicted octanol–water partition coefficient (Wildman–Crippen LogP) is 1.11. The van der Waals surface area contributed by atoms with Gasteiger partial charge in [-0.05, 0) is 27.7 Å². The maximum Gasteiger partial charge on any atom is 0.103 e. The summed E-state index contributed by atoms with van der Waals surface area (Å²) < 4.78 is 5.22. The highest BCUT2D eigenvalue weighted by Crippen LogP contribution is 2.06. The van der Waals surface area contributed by atoms with Gasteiger partial charge in [-0.1, -0.05) is 0 Å². The topological polar surface area (TPSA) is 35.2 Å². The van der Waals surface area contributed by atoms with Crippen molar-refractivity contribution in [3.8, 4) is 0 Å². The normalized spacial score (nSPS) is 16.1. The second kappa shape index (κ2) is 2.46. The van der Waals surface area contributed by atoms with E-state index >= 15 is 0 Å². The van der Waals surface area contributed by atoms with E-state index in [4.69, 9.17) is 10.5 Å². The van der Waals surface area contributed by atoms with Crippen LogP contribution in [-0.4, -0.2) is 11.8 Å². The molecule has 0 aromatic carbocycles. The van der Waals surface area contributed by atoms with Gasteiger partial charge in [0.1, 0.15) is 6.23 Å². The molecule has 0 aliphatic carbocycles. The predicted molar refractivity (Wildman–Crippen MR) is 34.5 cm³/mol. The molecule has 0 saturated carbocycles. The van der Waals surface area contributed by atoms with Gasteiger partial charge in [0.05, 0.1) is 5.60 Å². The van der Waals surface area contributed by atoms with Crippen molar-refractivity contribution in [2.45, 2.75) is 39.5 Å². The number of nitrogens with two attached hydrogens (primary N) is 1. The van der Waals surface area contributed by atoms with E-state index in [1.54, 1.807) is 0 Å². The van der Waals surface area contributed by atoms with Crippen LogP contribution >= 0.6 is 0 Å². The average molecular weight is 117 g/mol. The van der Waals surface area contributed by atoms with Crippen molar-refractivity contribution < 1.29 is 4.74 Å². The van der Waals surface area contributed by atoms with Gasteiger partial charge in [0.25, 0.3) is 0 Å². The molecule has 8 heavy (non-hydrogen) atoms. The lowest BCUT2D eigenvalue weighted by atomic mass is 10.2. The molecule has 0 fully saturated rings. The fourth-order valence-electron chi connectivity index (χ4n) is 0.558. The molecule has 2 N–H and O–H groups in total. The van der Waals surface area contributed by atoms with Gasteiger partial charge in [0.2, 0.25) is 0 Å². The lowest BCUT2D eigenvalue weighted by molar-refractivity contribution is -0.0479. The van der Waals surface area contributed by atoms with Crippen LogP contribution in [0.25, 0.3) is 0 Å². The monoisotopic (exact) mass is 117 g/mol. The van der Waals surface area contributed by atoms with Crippen LogP contribution in [0.15, 0.2) is 0 Å². The van der Waals surface area contributed by atoms with E-state index < -0.39 is 0 Å². The Hall–Kier alpha value is -0.0800. The maximum atomic E-state index is 5.36.